The summed E-state index contributed by atoms with van der Waals surface area (Å²) in [6.45, 7) is 2.11. The van der Waals surface area contributed by atoms with Gasteiger partial charge in [0.05, 0.1) is 16.8 Å². The number of amides is 1. The van der Waals surface area contributed by atoms with Crippen LogP contribution in [-0.2, 0) is 10.2 Å². The summed E-state index contributed by atoms with van der Waals surface area (Å²) in [6, 6.07) is 4.62. The number of aromatic nitrogens is 3. The molecule has 8 heteroatoms. The van der Waals surface area contributed by atoms with Crippen molar-refractivity contribution < 1.29 is 13.9 Å². The minimum absolute atomic E-state index is 0.0275. The van der Waals surface area contributed by atoms with Gasteiger partial charge in [0.1, 0.15) is 11.6 Å². The molecular weight excluding hydrogens is 383 g/mol. The van der Waals surface area contributed by atoms with Gasteiger partial charge in [-0.15, -0.1) is 5.10 Å². The molecule has 1 aromatic heterocycles. The van der Waals surface area contributed by atoms with Crippen LogP contribution >= 0.6 is 11.6 Å². The summed E-state index contributed by atoms with van der Waals surface area (Å²) in [7, 11) is 0. The van der Waals surface area contributed by atoms with Crippen LogP contribution in [0.5, 0.6) is 5.75 Å². The molecule has 0 unspecified atom stereocenters. The first-order valence-electron chi connectivity index (χ1n) is 9.68. The van der Waals surface area contributed by atoms with Crippen molar-refractivity contribution in [3.63, 3.8) is 0 Å². The van der Waals surface area contributed by atoms with Crippen molar-refractivity contribution in [3.8, 4) is 5.75 Å². The van der Waals surface area contributed by atoms with Crippen molar-refractivity contribution in [2.75, 3.05) is 6.61 Å². The molecular formula is C20H22ClFN4O2. The van der Waals surface area contributed by atoms with E-state index in [1.807, 2.05) is 4.68 Å². The summed E-state index contributed by atoms with van der Waals surface area (Å²) < 4.78 is 20.8. The van der Waals surface area contributed by atoms with Gasteiger partial charge in [-0.05, 0) is 50.2 Å². The maximum atomic E-state index is 13.4. The standard InChI is InChI=1S/C20H22ClFN4O2/c1-12-4-13(5-12)26-7-17(24-25-26)19-9-20(10-19,11-19)23-18(27)8-28-14-2-3-15(21)16(22)6-14/h2-3,6-7,12-13H,4-5,8-11H2,1H3,(H,23,27). The van der Waals surface area contributed by atoms with Crippen LogP contribution < -0.4 is 10.1 Å². The average molecular weight is 405 g/mol. The lowest BCUT2D eigenvalue weighted by atomic mass is 9.38. The van der Waals surface area contributed by atoms with Crippen LogP contribution in [0.1, 0.15) is 50.8 Å². The van der Waals surface area contributed by atoms with Crippen molar-refractivity contribution in [2.24, 2.45) is 5.92 Å². The van der Waals surface area contributed by atoms with Gasteiger partial charge in [-0.3, -0.25) is 4.79 Å². The molecule has 4 aliphatic carbocycles. The van der Waals surface area contributed by atoms with E-state index < -0.39 is 5.82 Å². The summed E-state index contributed by atoms with van der Waals surface area (Å²) >= 11 is 5.64. The first kappa shape index (κ1) is 17.9. The van der Waals surface area contributed by atoms with Crippen LogP contribution in [0.2, 0.25) is 5.02 Å². The molecule has 1 heterocycles. The molecule has 0 saturated heterocycles. The van der Waals surface area contributed by atoms with Crippen molar-refractivity contribution >= 4 is 17.5 Å². The highest BCUT2D eigenvalue weighted by Gasteiger charge is 2.70. The van der Waals surface area contributed by atoms with Crippen LogP contribution in [0.25, 0.3) is 0 Å². The summed E-state index contributed by atoms with van der Waals surface area (Å²) in [5, 5.41) is 11.8. The van der Waals surface area contributed by atoms with Crippen LogP contribution in [0.15, 0.2) is 24.4 Å². The Morgan fingerprint density at radius 1 is 1.39 bits per heavy atom. The molecule has 6 nitrogen and oxygen atoms in total. The number of carbonyl (C=O) groups is 1. The zero-order valence-electron chi connectivity index (χ0n) is 15.6. The van der Waals surface area contributed by atoms with Crippen molar-refractivity contribution in [1.82, 2.24) is 20.3 Å². The van der Waals surface area contributed by atoms with Crippen LogP contribution in [-0.4, -0.2) is 33.0 Å². The summed E-state index contributed by atoms with van der Waals surface area (Å²) in [4.78, 5) is 12.2. The molecule has 0 aliphatic heterocycles. The van der Waals surface area contributed by atoms with E-state index in [1.54, 1.807) is 6.07 Å². The van der Waals surface area contributed by atoms with Gasteiger partial charge >= 0.3 is 0 Å². The maximum absolute atomic E-state index is 13.4. The Hall–Kier alpha value is -2.15. The number of hydrogen-bond acceptors (Lipinski definition) is 4. The van der Waals surface area contributed by atoms with E-state index in [2.05, 4.69) is 28.7 Å². The van der Waals surface area contributed by atoms with E-state index in [-0.39, 0.29) is 34.2 Å². The first-order valence-corrected chi connectivity index (χ1v) is 10.1. The highest BCUT2D eigenvalue weighted by molar-refractivity contribution is 6.30. The molecule has 28 heavy (non-hydrogen) atoms. The van der Waals surface area contributed by atoms with Gasteiger partial charge in [-0.25, -0.2) is 9.07 Å². The Balaban J connectivity index is 1.12. The SMILES string of the molecule is CC1CC(n2cc(C34CC(NC(=O)COc5ccc(Cl)c(F)c5)(C3)C4)nn2)C1. The topological polar surface area (TPSA) is 69.0 Å². The Kier molecular flexibility index (Phi) is 3.95. The van der Waals surface area contributed by atoms with Crippen LogP contribution in [0.4, 0.5) is 4.39 Å². The number of ether oxygens (including phenoxy) is 1. The van der Waals surface area contributed by atoms with Gasteiger partial charge in [0.2, 0.25) is 0 Å². The van der Waals surface area contributed by atoms with Gasteiger partial charge < -0.3 is 10.1 Å². The van der Waals surface area contributed by atoms with Crippen molar-refractivity contribution in [2.45, 2.75) is 56.0 Å². The molecule has 0 spiro atoms. The molecule has 6 rings (SSSR count). The lowest BCUT2D eigenvalue weighted by Crippen LogP contribution is -2.77. The summed E-state index contributed by atoms with van der Waals surface area (Å²) in [6.07, 6.45) is 7.11. The fourth-order valence-electron chi connectivity index (χ4n) is 5.01. The third-order valence-corrected chi connectivity index (χ3v) is 6.78. The number of nitrogens with zero attached hydrogens (tertiary/aromatic N) is 3. The second-order valence-corrected chi connectivity index (χ2v) is 9.23. The van der Waals surface area contributed by atoms with E-state index in [4.69, 9.17) is 16.3 Å². The number of rotatable bonds is 6. The highest BCUT2D eigenvalue weighted by Crippen LogP contribution is 2.67. The lowest BCUT2D eigenvalue weighted by Gasteiger charge is -2.69. The molecule has 0 atom stereocenters. The predicted octanol–water partition coefficient (Wildman–Crippen LogP) is 3.41. The fourth-order valence-corrected chi connectivity index (χ4v) is 5.13. The lowest BCUT2D eigenvalue weighted by molar-refractivity contribution is -0.140. The fraction of sp³-hybridized carbons (Fsp3) is 0.550. The predicted molar refractivity (Wildman–Crippen MR) is 101 cm³/mol. The second-order valence-electron chi connectivity index (χ2n) is 8.82. The van der Waals surface area contributed by atoms with Gasteiger partial charge in [-0.2, -0.15) is 0 Å². The van der Waals surface area contributed by atoms with E-state index in [0.29, 0.717) is 6.04 Å². The Labute approximate surface area is 167 Å². The zero-order chi connectivity index (χ0) is 19.5. The van der Waals surface area contributed by atoms with Crippen molar-refractivity contribution in [1.29, 1.82) is 0 Å². The van der Waals surface area contributed by atoms with Crippen LogP contribution in [0.3, 0.4) is 0 Å². The largest absolute Gasteiger partial charge is 0.484 e. The molecule has 1 N–H and O–H groups in total. The molecule has 1 aromatic carbocycles. The van der Waals surface area contributed by atoms with E-state index >= 15 is 0 Å². The Bertz CT molecular complexity index is 920. The van der Waals surface area contributed by atoms with Gasteiger partial charge in [-0.1, -0.05) is 23.7 Å². The average Bonchev–Trinajstić information content (AvgIpc) is 3.04. The number of carbonyl (C=O) groups excluding carboxylic acids is 1. The van der Waals surface area contributed by atoms with Crippen LogP contribution in [0, 0.1) is 11.7 Å². The smallest absolute Gasteiger partial charge is 0.258 e. The number of halogens is 2. The normalized spacial score (nSPS) is 32.7. The van der Waals surface area contributed by atoms with E-state index in [0.717, 1.165) is 30.9 Å². The molecule has 2 bridgehead atoms. The maximum Gasteiger partial charge on any atom is 0.258 e. The monoisotopic (exact) mass is 404 g/mol. The molecule has 2 aromatic rings. The van der Waals surface area contributed by atoms with Gasteiger partial charge in [0.25, 0.3) is 5.91 Å². The molecule has 4 aliphatic rings. The third kappa shape index (κ3) is 2.87. The van der Waals surface area contributed by atoms with E-state index in [1.165, 1.54) is 25.0 Å². The summed E-state index contributed by atoms with van der Waals surface area (Å²) in [5.41, 5.74) is 0.970. The third-order valence-electron chi connectivity index (χ3n) is 6.47. The molecule has 1 amide bonds. The molecule has 0 radical (unpaired) electrons. The molecule has 148 valence electrons. The Morgan fingerprint density at radius 3 is 2.82 bits per heavy atom. The Morgan fingerprint density at radius 2 is 2.14 bits per heavy atom. The molecule has 4 fully saturated rings. The number of hydrogen-bond donors (Lipinski definition) is 1. The number of benzene rings is 1. The summed E-state index contributed by atoms with van der Waals surface area (Å²) in [5.74, 6) is 0.298. The molecule has 4 saturated carbocycles. The van der Waals surface area contributed by atoms with E-state index in [9.17, 15) is 9.18 Å². The minimum atomic E-state index is -0.564. The number of nitrogens with one attached hydrogen (secondary N) is 1. The van der Waals surface area contributed by atoms with Gasteiger partial charge in [0, 0.05) is 23.2 Å². The highest BCUT2D eigenvalue weighted by atomic mass is 35.5. The second kappa shape index (κ2) is 6.17. The quantitative estimate of drug-likeness (QED) is 0.801. The zero-order valence-corrected chi connectivity index (χ0v) is 16.4. The van der Waals surface area contributed by atoms with Gasteiger partial charge in [0.15, 0.2) is 6.61 Å². The minimum Gasteiger partial charge on any atom is -0.484 e. The van der Waals surface area contributed by atoms with Crippen molar-refractivity contribution in [3.05, 3.63) is 40.9 Å². The first-order chi connectivity index (χ1) is 13.4.